The molecule has 1 aliphatic heterocycles. The van der Waals surface area contributed by atoms with Crippen LogP contribution >= 0.6 is 0 Å². The number of rotatable bonds is 8. The first kappa shape index (κ1) is 17.1. The summed E-state index contributed by atoms with van der Waals surface area (Å²) in [4.78, 5) is 1.65. The molecule has 116 valence electrons. The van der Waals surface area contributed by atoms with Gasteiger partial charge in [0.15, 0.2) is 5.95 Å². The Bertz CT molecular complexity index is 476. The zero-order valence-corrected chi connectivity index (χ0v) is 13.0. The molecule has 0 aliphatic carbocycles. The van der Waals surface area contributed by atoms with Crippen LogP contribution in [0.1, 0.15) is 19.8 Å². The van der Waals surface area contributed by atoms with Crippen molar-refractivity contribution in [2.75, 3.05) is 33.1 Å². The van der Waals surface area contributed by atoms with Crippen LogP contribution in [0.3, 0.4) is 0 Å². The summed E-state index contributed by atoms with van der Waals surface area (Å²) in [6.07, 6.45) is 7.37. The second-order valence-corrected chi connectivity index (χ2v) is 6.95. The SMILES string of the molecule is COCCC1(C)C=CC=C(F)N1CCCNS(C)(=O)=O. The van der Waals surface area contributed by atoms with E-state index in [1.165, 1.54) is 6.08 Å². The summed E-state index contributed by atoms with van der Waals surface area (Å²) in [5, 5.41) is 0. The molecule has 0 bridgehead atoms. The average Bonchev–Trinajstić information content (AvgIpc) is 2.34. The van der Waals surface area contributed by atoms with E-state index in [2.05, 4.69) is 4.72 Å². The lowest BCUT2D eigenvalue weighted by Gasteiger charge is -2.41. The molecule has 20 heavy (non-hydrogen) atoms. The van der Waals surface area contributed by atoms with E-state index in [0.29, 0.717) is 32.5 Å². The van der Waals surface area contributed by atoms with Crippen molar-refractivity contribution in [2.45, 2.75) is 25.3 Å². The predicted octanol–water partition coefficient (Wildman–Crippen LogP) is 1.40. The number of nitrogens with zero attached hydrogens (tertiary/aromatic N) is 1. The number of sulfonamides is 1. The van der Waals surface area contributed by atoms with E-state index in [9.17, 15) is 12.8 Å². The number of allylic oxidation sites excluding steroid dienone is 2. The lowest BCUT2D eigenvalue weighted by atomic mass is 9.93. The molecular weight excluding hydrogens is 283 g/mol. The Morgan fingerprint density at radius 2 is 2.20 bits per heavy atom. The second-order valence-electron chi connectivity index (χ2n) is 5.12. The first-order valence-corrected chi connectivity index (χ1v) is 8.44. The Hall–Kier alpha value is -0.920. The molecule has 0 spiro atoms. The maximum atomic E-state index is 14.0. The maximum Gasteiger partial charge on any atom is 0.208 e. The summed E-state index contributed by atoms with van der Waals surface area (Å²) >= 11 is 0. The van der Waals surface area contributed by atoms with Crippen LogP contribution in [0, 0.1) is 0 Å². The van der Waals surface area contributed by atoms with Gasteiger partial charge < -0.3 is 9.64 Å². The van der Waals surface area contributed by atoms with Crippen LogP contribution in [0.4, 0.5) is 4.39 Å². The number of ether oxygens (including phenoxy) is 1. The van der Waals surface area contributed by atoms with Gasteiger partial charge >= 0.3 is 0 Å². The molecule has 0 aromatic rings. The normalized spacial score (nSPS) is 23.0. The minimum Gasteiger partial charge on any atom is -0.385 e. The van der Waals surface area contributed by atoms with Gasteiger partial charge in [-0.3, -0.25) is 0 Å². The first-order chi connectivity index (χ1) is 9.28. The van der Waals surface area contributed by atoms with Crippen molar-refractivity contribution in [3.63, 3.8) is 0 Å². The lowest BCUT2D eigenvalue weighted by molar-refractivity contribution is 0.0975. The van der Waals surface area contributed by atoms with Crippen molar-refractivity contribution in [2.24, 2.45) is 0 Å². The number of methoxy groups -OCH3 is 1. The van der Waals surface area contributed by atoms with Gasteiger partial charge in [-0.2, -0.15) is 4.39 Å². The monoisotopic (exact) mass is 306 g/mol. The Balaban J connectivity index is 2.59. The van der Waals surface area contributed by atoms with Gasteiger partial charge in [-0.15, -0.1) is 0 Å². The highest BCUT2D eigenvalue weighted by atomic mass is 32.2. The van der Waals surface area contributed by atoms with Gasteiger partial charge in [0.25, 0.3) is 0 Å². The molecule has 0 saturated heterocycles. The molecular formula is C13H23FN2O3S. The minimum atomic E-state index is -3.19. The summed E-state index contributed by atoms with van der Waals surface area (Å²) < 4.78 is 43.4. The zero-order chi connectivity index (χ0) is 15.2. The van der Waals surface area contributed by atoms with Crippen LogP contribution in [0.15, 0.2) is 24.2 Å². The summed E-state index contributed by atoms with van der Waals surface area (Å²) in [6.45, 7) is 3.22. The van der Waals surface area contributed by atoms with Crippen molar-refractivity contribution in [1.29, 1.82) is 0 Å². The van der Waals surface area contributed by atoms with Crippen molar-refractivity contribution >= 4 is 10.0 Å². The molecule has 7 heteroatoms. The third-order valence-corrected chi connectivity index (χ3v) is 4.03. The molecule has 1 aliphatic rings. The Kier molecular flexibility index (Phi) is 6.16. The molecule has 0 amide bonds. The van der Waals surface area contributed by atoms with E-state index < -0.39 is 15.6 Å². The van der Waals surface area contributed by atoms with Gasteiger partial charge in [-0.25, -0.2) is 13.1 Å². The topological polar surface area (TPSA) is 58.6 Å². The van der Waals surface area contributed by atoms with Gasteiger partial charge in [0, 0.05) is 26.8 Å². The van der Waals surface area contributed by atoms with Crippen LogP contribution in [0.5, 0.6) is 0 Å². The zero-order valence-electron chi connectivity index (χ0n) is 12.2. The summed E-state index contributed by atoms with van der Waals surface area (Å²) in [5.41, 5.74) is -0.445. The van der Waals surface area contributed by atoms with Crippen molar-refractivity contribution in [3.05, 3.63) is 24.2 Å². The molecule has 0 saturated carbocycles. The van der Waals surface area contributed by atoms with Crippen LogP contribution in [-0.4, -0.2) is 51.9 Å². The van der Waals surface area contributed by atoms with Crippen LogP contribution < -0.4 is 4.72 Å². The Morgan fingerprint density at radius 1 is 1.50 bits per heavy atom. The molecule has 0 aromatic heterocycles. The largest absolute Gasteiger partial charge is 0.385 e. The highest BCUT2D eigenvalue weighted by Crippen LogP contribution is 2.30. The highest BCUT2D eigenvalue weighted by molar-refractivity contribution is 7.88. The van der Waals surface area contributed by atoms with E-state index in [-0.39, 0.29) is 5.95 Å². The maximum absolute atomic E-state index is 14.0. The second kappa shape index (κ2) is 7.19. The molecule has 5 nitrogen and oxygen atoms in total. The highest BCUT2D eigenvalue weighted by Gasteiger charge is 2.32. The van der Waals surface area contributed by atoms with Crippen LogP contribution in [-0.2, 0) is 14.8 Å². The summed E-state index contributed by atoms with van der Waals surface area (Å²) in [5.74, 6) is -0.301. The number of hydrogen-bond acceptors (Lipinski definition) is 4. The quantitative estimate of drug-likeness (QED) is 0.544. The van der Waals surface area contributed by atoms with Gasteiger partial charge in [-0.05, 0) is 25.8 Å². The van der Waals surface area contributed by atoms with Gasteiger partial charge in [0.05, 0.1) is 11.8 Å². The fourth-order valence-electron chi connectivity index (χ4n) is 2.14. The molecule has 1 N–H and O–H groups in total. The van der Waals surface area contributed by atoms with Gasteiger partial charge in [-0.1, -0.05) is 12.2 Å². The van der Waals surface area contributed by atoms with E-state index in [0.717, 1.165) is 6.26 Å². The van der Waals surface area contributed by atoms with Crippen LogP contribution in [0.25, 0.3) is 0 Å². The molecule has 1 heterocycles. The predicted molar refractivity (Wildman–Crippen MR) is 77.4 cm³/mol. The summed E-state index contributed by atoms with van der Waals surface area (Å²) in [6, 6.07) is 0. The molecule has 1 atom stereocenters. The van der Waals surface area contributed by atoms with E-state index in [1.54, 1.807) is 18.1 Å². The number of halogens is 1. The van der Waals surface area contributed by atoms with Gasteiger partial charge in [0.2, 0.25) is 10.0 Å². The fourth-order valence-corrected chi connectivity index (χ4v) is 2.66. The standard InChI is InChI=1S/C13H23FN2O3S/c1-13(8-11-19-2)7-4-6-12(14)16(13)10-5-9-15-20(3,17)18/h4,6-7,15H,5,8-11H2,1-3H3. The van der Waals surface area contributed by atoms with Crippen molar-refractivity contribution in [1.82, 2.24) is 9.62 Å². The van der Waals surface area contributed by atoms with E-state index in [4.69, 9.17) is 4.74 Å². The third kappa shape index (κ3) is 5.22. The minimum absolute atomic E-state index is 0.298. The van der Waals surface area contributed by atoms with E-state index >= 15 is 0 Å². The van der Waals surface area contributed by atoms with Crippen molar-refractivity contribution in [3.8, 4) is 0 Å². The van der Waals surface area contributed by atoms with E-state index in [1.807, 2.05) is 13.0 Å². The van der Waals surface area contributed by atoms with Crippen molar-refractivity contribution < 1.29 is 17.5 Å². The molecule has 0 aromatic carbocycles. The Morgan fingerprint density at radius 3 is 2.80 bits per heavy atom. The number of nitrogens with one attached hydrogen (secondary N) is 1. The van der Waals surface area contributed by atoms with Crippen LogP contribution in [0.2, 0.25) is 0 Å². The summed E-state index contributed by atoms with van der Waals surface area (Å²) in [7, 11) is -1.58. The average molecular weight is 306 g/mol. The molecule has 0 fully saturated rings. The Labute approximate surface area is 120 Å². The third-order valence-electron chi connectivity index (χ3n) is 3.30. The molecule has 1 rings (SSSR count). The number of hydrogen-bond donors (Lipinski definition) is 1. The lowest BCUT2D eigenvalue weighted by Crippen LogP contribution is -2.46. The smallest absolute Gasteiger partial charge is 0.208 e. The molecule has 0 radical (unpaired) electrons. The fraction of sp³-hybridized carbons (Fsp3) is 0.692. The van der Waals surface area contributed by atoms with Gasteiger partial charge in [0.1, 0.15) is 0 Å². The first-order valence-electron chi connectivity index (χ1n) is 6.55. The molecule has 1 unspecified atom stereocenters.